The lowest BCUT2D eigenvalue weighted by molar-refractivity contribution is -0.385. The summed E-state index contributed by atoms with van der Waals surface area (Å²) in [5, 5.41) is 11.2. The van der Waals surface area contributed by atoms with Crippen molar-refractivity contribution in [1.82, 2.24) is 9.80 Å². The minimum absolute atomic E-state index is 0.152. The third-order valence-corrected chi connectivity index (χ3v) is 4.77. The standard InChI is InChI=1S/C20H23N3O4/c1-15-4-3-5-16(12-15)14-21-8-10-22(11-9-21)20(24)17-6-7-19(27-2)18(13-17)23(25)26/h3-7,12-13H,8-11,14H2,1-2H3. The van der Waals surface area contributed by atoms with Crippen LogP contribution in [0.3, 0.4) is 0 Å². The van der Waals surface area contributed by atoms with Crippen LogP contribution in [-0.4, -0.2) is 53.9 Å². The lowest BCUT2D eigenvalue weighted by Crippen LogP contribution is -2.48. The molecule has 1 saturated heterocycles. The number of aryl methyl sites for hydroxylation is 1. The number of hydrogen-bond acceptors (Lipinski definition) is 5. The fourth-order valence-electron chi connectivity index (χ4n) is 3.33. The number of hydrogen-bond donors (Lipinski definition) is 0. The number of carbonyl (C=O) groups is 1. The molecule has 0 radical (unpaired) electrons. The van der Waals surface area contributed by atoms with Gasteiger partial charge in [0.25, 0.3) is 5.91 Å². The van der Waals surface area contributed by atoms with Crippen LogP contribution in [0.1, 0.15) is 21.5 Å². The normalized spacial score (nSPS) is 14.8. The minimum atomic E-state index is -0.532. The van der Waals surface area contributed by atoms with Gasteiger partial charge in [-0.3, -0.25) is 19.8 Å². The number of benzene rings is 2. The Balaban J connectivity index is 1.63. The van der Waals surface area contributed by atoms with E-state index in [2.05, 4.69) is 36.1 Å². The van der Waals surface area contributed by atoms with E-state index in [4.69, 9.17) is 4.74 Å². The summed E-state index contributed by atoms with van der Waals surface area (Å²) in [7, 11) is 1.37. The Labute approximate surface area is 158 Å². The Hall–Kier alpha value is -2.93. The number of ether oxygens (including phenoxy) is 1. The van der Waals surface area contributed by atoms with E-state index in [1.165, 1.54) is 30.4 Å². The predicted molar refractivity (Wildman–Crippen MR) is 102 cm³/mol. The molecule has 142 valence electrons. The van der Waals surface area contributed by atoms with Crippen molar-refractivity contribution in [2.45, 2.75) is 13.5 Å². The molecule has 0 spiro atoms. The Morgan fingerprint density at radius 2 is 1.89 bits per heavy atom. The van der Waals surface area contributed by atoms with E-state index in [0.29, 0.717) is 18.7 Å². The summed E-state index contributed by atoms with van der Waals surface area (Å²) in [5.41, 5.74) is 2.62. The molecule has 0 aliphatic carbocycles. The molecule has 0 saturated carbocycles. The maximum atomic E-state index is 12.7. The smallest absolute Gasteiger partial charge is 0.311 e. The zero-order valence-corrected chi connectivity index (χ0v) is 15.6. The van der Waals surface area contributed by atoms with Crippen molar-refractivity contribution in [2.75, 3.05) is 33.3 Å². The van der Waals surface area contributed by atoms with Crippen LogP contribution in [0, 0.1) is 17.0 Å². The number of amides is 1. The molecule has 0 unspecified atom stereocenters. The zero-order chi connectivity index (χ0) is 19.4. The Kier molecular flexibility index (Phi) is 5.71. The molecule has 2 aromatic rings. The monoisotopic (exact) mass is 369 g/mol. The third kappa shape index (κ3) is 4.43. The molecular weight excluding hydrogens is 346 g/mol. The molecule has 1 heterocycles. The third-order valence-electron chi connectivity index (χ3n) is 4.77. The van der Waals surface area contributed by atoms with Gasteiger partial charge >= 0.3 is 5.69 Å². The van der Waals surface area contributed by atoms with E-state index in [1.807, 2.05) is 0 Å². The summed E-state index contributed by atoms with van der Waals surface area (Å²) >= 11 is 0. The summed E-state index contributed by atoms with van der Waals surface area (Å²) in [4.78, 5) is 27.4. The molecule has 1 aliphatic rings. The summed E-state index contributed by atoms with van der Waals surface area (Å²) < 4.78 is 4.99. The average Bonchev–Trinajstić information content (AvgIpc) is 2.67. The van der Waals surface area contributed by atoms with Crippen LogP contribution in [0.15, 0.2) is 42.5 Å². The van der Waals surface area contributed by atoms with Crippen LogP contribution in [0.25, 0.3) is 0 Å². The number of carbonyl (C=O) groups excluding carboxylic acids is 1. The van der Waals surface area contributed by atoms with Crippen LogP contribution < -0.4 is 4.74 Å². The number of nitro groups is 1. The number of rotatable bonds is 5. The summed E-state index contributed by atoms with van der Waals surface area (Å²) in [6.45, 7) is 5.69. The van der Waals surface area contributed by atoms with Gasteiger partial charge in [-0.2, -0.15) is 0 Å². The first kappa shape index (κ1) is 18.8. The first-order chi connectivity index (χ1) is 13.0. The second-order valence-corrected chi connectivity index (χ2v) is 6.70. The van der Waals surface area contributed by atoms with E-state index in [1.54, 1.807) is 11.0 Å². The molecule has 2 aromatic carbocycles. The SMILES string of the molecule is COc1ccc(C(=O)N2CCN(Cc3cccc(C)c3)CC2)cc1[N+](=O)[O-]. The minimum Gasteiger partial charge on any atom is -0.490 e. The first-order valence-electron chi connectivity index (χ1n) is 8.87. The van der Waals surface area contributed by atoms with E-state index in [0.717, 1.165) is 19.6 Å². The van der Waals surface area contributed by atoms with E-state index < -0.39 is 4.92 Å². The maximum absolute atomic E-state index is 12.7. The van der Waals surface area contributed by atoms with Gasteiger partial charge in [-0.05, 0) is 24.6 Å². The van der Waals surface area contributed by atoms with Gasteiger partial charge in [0.05, 0.1) is 12.0 Å². The van der Waals surface area contributed by atoms with Crippen molar-refractivity contribution in [3.05, 3.63) is 69.3 Å². The molecule has 1 amide bonds. The molecule has 1 aliphatic heterocycles. The first-order valence-corrected chi connectivity index (χ1v) is 8.87. The molecular formula is C20H23N3O4. The van der Waals surface area contributed by atoms with Gasteiger partial charge in [0.2, 0.25) is 0 Å². The number of methoxy groups -OCH3 is 1. The van der Waals surface area contributed by atoms with Gasteiger partial charge in [-0.1, -0.05) is 29.8 Å². The second kappa shape index (κ2) is 8.18. The summed E-state index contributed by atoms with van der Waals surface area (Å²) in [6.07, 6.45) is 0. The number of nitrogens with zero attached hydrogens (tertiary/aromatic N) is 3. The summed E-state index contributed by atoms with van der Waals surface area (Å²) in [6, 6.07) is 12.8. The van der Waals surface area contributed by atoms with Crippen LogP contribution in [0.5, 0.6) is 5.75 Å². The average molecular weight is 369 g/mol. The molecule has 0 atom stereocenters. The van der Waals surface area contributed by atoms with Gasteiger partial charge in [-0.15, -0.1) is 0 Å². The van der Waals surface area contributed by atoms with Gasteiger partial charge in [0.15, 0.2) is 5.75 Å². The predicted octanol–water partition coefficient (Wildman–Crippen LogP) is 2.87. The second-order valence-electron chi connectivity index (χ2n) is 6.70. The Morgan fingerprint density at radius 1 is 1.15 bits per heavy atom. The van der Waals surface area contributed by atoms with Crippen molar-refractivity contribution in [1.29, 1.82) is 0 Å². The molecule has 27 heavy (non-hydrogen) atoms. The lowest BCUT2D eigenvalue weighted by atomic mass is 10.1. The van der Waals surface area contributed by atoms with Crippen LogP contribution in [-0.2, 0) is 6.54 Å². The highest BCUT2D eigenvalue weighted by Gasteiger charge is 2.25. The lowest BCUT2D eigenvalue weighted by Gasteiger charge is -2.34. The van der Waals surface area contributed by atoms with Crippen LogP contribution in [0.4, 0.5) is 5.69 Å². The highest BCUT2D eigenvalue weighted by atomic mass is 16.6. The van der Waals surface area contributed by atoms with Crippen molar-refractivity contribution < 1.29 is 14.5 Å². The van der Waals surface area contributed by atoms with Crippen molar-refractivity contribution in [3.63, 3.8) is 0 Å². The molecule has 1 fully saturated rings. The topological polar surface area (TPSA) is 75.9 Å². The van der Waals surface area contributed by atoms with Crippen molar-refractivity contribution in [3.8, 4) is 5.75 Å². The quantitative estimate of drug-likeness (QED) is 0.598. The van der Waals surface area contributed by atoms with Gasteiger partial charge in [0, 0.05) is 44.4 Å². The van der Waals surface area contributed by atoms with Gasteiger partial charge in [0.1, 0.15) is 0 Å². The van der Waals surface area contributed by atoms with E-state index in [-0.39, 0.29) is 17.3 Å². The van der Waals surface area contributed by atoms with Crippen LogP contribution >= 0.6 is 0 Å². The molecule has 0 bridgehead atoms. The van der Waals surface area contributed by atoms with Crippen LogP contribution in [0.2, 0.25) is 0 Å². The number of piperazine rings is 1. The van der Waals surface area contributed by atoms with Gasteiger partial charge < -0.3 is 9.64 Å². The van der Waals surface area contributed by atoms with Crippen molar-refractivity contribution >= 4 is 11.6 Å². The molecule has 0 aromatic heterocycles. The molecule has 7 heteroatoms. The van der Waals surface area contributed by atoms with Gasteiger partial charge in [-0.25, -0.2) is 0 Å². The van der Waals surface area contributed by atoms with Crippen molar-refractivity contribution in [2.24, 2.45) is 0 Å². The number of nitro benzene ring substituents is 1. The fraction of sp³-hybridized carbons (Fsp3) is 0.350. The molecule has 7 nitrogen and oxygen atoms in total. The Morgan fingerprint density at radius 3 is 2.52 bits per heavy atom. The maximum Gasteiger partial charge on any atom is 0.311 e. The highest BCUT2D eigenvalue weighted by Crippen LogP contribution is 2.28. The van der Waals surface area contributed by atoms with E-state index >= 15 is 0 Å². The van der Waals surface area contributed by atoms with E-state index in [9.17, 15) is 14.9 Å². The summed E-state index contributed by atoms with van der Waals surface area (Å²) in [5.74, 6) is -0.0320. The zero-order valence-electron chi connectivity index (χ0n) is 15.6. The molecule has 0 N–H and O–H groups in total. The largest absolute Gasteiger partial charge is 0.490 e. The molecule has 3 rings (SSSR count). The Bertz CT molecular complexity index is 845. The fourth-order valence-corrected chi connectivity index (χ4v) is 3.33. The highest BCUT2D eigenvalue weighted by molar-refractivity contribution is 5.95.